The van der Waals surface area contributed by atoms with Crippen molar-refractivity contribution in [2.24, 2.45) is 0 Å². The summed E-state index contributed by atoms with van der Waals surface area (Å²) in [5.74, 6) is -0.365. The number of nitrogens with zero attached hydrogens (tertiary/aromatic N) is 1. The predicted octanol–water partition coefficient (Wildman–Crippen LogP) is 4.34. The Morgan fingerprint density at radius 1 is 1.27 bits per heavy atom. The first kappa shape index (κ1) is 21.4. The molecule has 0 aromatic heterocycles. The minimum absolute atomic E-state index is 0.00658. The number of carbonyl (C=O) groups is 1. The number of nitrogens with one attached hydrogen (secondary N) is 1. The molecule has 0 aliphatic carbocycles. The zero-order valence-corrected chi connectivity index (χ0v) is 17.1. The van der Waals surface area contributed by atoms with Crippen LogP contribution >= 0.6 is 23.2 Å². The van der Waals surface area contributed by atoms with Crippen LogP contribution in [0.4, 0.5) is 4.39 Å². The van der Waals surface area contributed by atoms with Crippen LogP contribution in [0.5, 0.6) is 0 Å². The average molecular weight is 405 g/mol. The van der Waals surface area contributed by atoms with Crippen molar-refractivity contribution in [3.05, 3.63) is 33.8 Å². The van der Waals surface area contributed by atoms with Crippen LogP contribution in [0.2, 0.25) is 10.0 Å². The highest BCUT2D eigenvalue weighted by Gasteiger charge is 2.35. The maximum absolute atomic E-state index is 15.0. The first-order chi connectivity index (χ1) is 12.1. The molecule has 26 heavy (non-hydrogen) atoms. The zero-order valence-electron chi connectivity index (χ0n) is 15.6. The summed E-state index contributed by atoms with van der Waals surface area (Å²) in [7, 11) is 1.71. The molecule has 0 unspecified atom stereocenters. The van der Waals surface area contributed by atoms with Crippen molar-refractivity contribution in [2.45, 2.75) is 44.4 Å². The molecule has 1 fully saturated rings. The van der Waals surface area contributed by atoms with E-state index in [1.807, 2.05) is 13.8 Å². The largest absolute Gasteiger partial charge is 0.379 e. The number of likely N-dealkylation sites (tertiary alicyclic amines) is 1. The van der Waals surface area contributed by atoms with Crippen molar-refractivity contribution in [3.63, 3.8) is 0 Å². The van der Waals surface area contributed by atoms with E-state index in [-0.39, 0.29) is 18.1 Å². The maximum atomic E-state index is 15.0. The second kappa shape index (κ2) is 8.87. The number of halogens is 3. The molecule has 1 aliphatic rings. The van der Waals surface area contributed by atoms with Crippen LogP contribution in [0.15, 0.2) is 18.2 Å². The molecule has 0 atom stereocenters. The number of hydrogen-bond donors (Lipinski definition) is 1. The van der Waals surface area contributed by atoms with Crippen LogP contribution in [-0.2, 0) is 4.74 Å². The number of methoxy groups -OCH3 is 1. The molecule has 0 radical (unpaired) electrons. The van der Waals surface area contributed by atoms with Gasteiger partial charge in [0.25, 0.3) is 5.91 Å². The molecule has 4 nitrogen and oxygen atoms in total. The standard InChI is InChI=1S/C19H27Cl2FN2O2/c1-18(2,26-3)4-7-24-8-5-19(22,6-9-24)13-23-17(25)14-10-15(20)12-16(21)11-14/h10-12H,4-9,13H2,1-3H3,(H,23,25). The SMILES string of the molecule is COC(C)(C)CCN1CCC(F)(CNC(=O)c2cc(Cl)cc(Cl)c2)CC1. The van der Waals surface area contributed by atoms with E-state index >= 15 is 4.39 Å². The van der Waals surface area contributed by atoms with Gasteiger partial charge in [0, 0.05) is 42.4 Å². The van der Waals surface area contributed by atoms with Crippen LogP contribution in [0.3, 0.4) is 0 Å². The molecule has 1 amide bonds. The first-order valence-corrected chi connectivity index (χ1v) is 9.59. The summed E-state index contributed by atoms with van der Waals surface area (Å²) < 4.78 is 20.4. The summed E-state index contributed by atoms with van der Waals surface area (Å²) in [6.07, 6.45) is 1.70. The molecule has 7 heteroatoms. The lowest BCUT2D eigenvalue weighted by Gasteiger charge is -2.37. The highest BCUT2D eigenvalue weighted by atomic mass is 35.5. The molecule has 1 aromatic carbocycles. The Kier molecular flexibility index (Phi) is 7.31. The van der Waals surface area contributed by atoms with E-state index < -0.39 is 5.67 Å². The molecule has 2 rings (SSSR count). The average Bonchev–Trinajstić information content (AvgIpc) is 2.58. The molecule has 0 bridgehead atoms. The zero-order chi connectivity index (χ0) is 19.4. The van der Waals surface area contributed by atoms with Crippen LogP contribution < -0.4 is 5.32 Å². The molecule has 1 heterocycles. The van der Waals surface area contributed by atoms with Gasteiger partial charge in [0.05, 0.1) is 12.1 Å². The Morgan fingerprint density at radius 3 is 2.38 bits per heavy atom. The number of benzene rings is 1. The van der Waals surface area contributed by atoms with Crippen molar-refractivity contribution >= 4 is 29.1 Å². The van der Waals surface area contributed by atoms with Gasteiger partial charge in [-0.25, -0.2) is 4.39 Å². The van der Waals surface area contributed by atoms with E-state index in [9.17, 15) is 4.79 Å². The van der Waals surface area contributed by atoms with Crippen LogP contribution in [0.1, 0.15) is 43.5 Å². The Labute approximate surface area is 165 Å². The molecule has 0 spiro atoms. The van der Waals surface area contributed by atoms with E-state index in [1.165, 1.54) is 12.1 Å². The van der Waals surface area contributed by atoms with Gasteiger partial charge in [-0.15, -0.1) is 0 Å². The Balaban J connectivity index is 1.81. The maximum Gasteiger partial charge on any atom is 0.251 e. The summed E-state index contributed by atoms with van der Waals surface area (Å²) >= 11 is 11.8. The lowest BCUT2D eigenvalue weighted by molar-refractivity contribution is -0.00208. The summed E-state index contributed by atoms with van der Waals surface area (Å²) in [6.45, 7) is 6.32. The molecular formula is C19H27Cl2FN2O2. The van der Waals surface area contributed by atoms with Crippen molar-refractivity contribution in [1.82, 2.24) is 10.2 Å². The number of ether oxygens (including phenoxy) is 1. The summed E-state index contributed by atoms with van der Waals surface area (Å²) in [5.41, 5.74) is -1.22. The van der Waals surface area contributed by atoms with Gasteiger partial charge in [0.15, 0.2) is 0 Å². The Bertz CT molecular complexity index is 612. The minimum atomic E-state index is -1.38. The van der Waals surface area contributed by atoms with Crippen molar-refractivity contribution < 1.29 is 13.9 Å². The number of alkyl halides is 1. The number of carbonyl (C=O) groups excluding carboxylic acids is 1. The van der Waals surface area contributed by atoms with Gasteiger partial charge >= 0.3 is 0 Å². The molecule has 1 aliphatic heterocycles. The van der Waals surface area contributed by atoms with Gasteiger partial charge in [-0.05, 0) is 51.3 Å². The topological polar surface area (TPSA) is 41.6 Å². The second-order valence-electron chi connectivity index (χ2n) is 7.55. The third-order valence-electron chi connectivity index (χ3n) is 5.03. The quantitative estimate of drug-likeness (QED) is 0.734. The lowest BCUT2D eigenvalue weighted by Crippen LogP contribution is -2.49. The van der Waals surface area contributed by atoms with E-state index in [0.29, 0.717) is 41.5 Å². The fraction of sp³-hybridized carbons (Fsp3) is 0.632. The van der Waals surface area contributed by atoms with E-state index in [4.69, 9.17) is 27.9 Å². The smallest absolute Gasteiger partial charge is 0.251 e. The van der Waals surface area contributed by atoms with Gasteiger partial charge in [0.2, 0.25) is 0 Å². The molecule has 0 saturated carbocycles. The summed E-state index contributed by atoms with van der Waals surface area (Å²) in [4.78, 5) is 14.5. The number of amides is 1. The first-order valence-electron chi connectivity index (χ1n) is 8.83. The number of piperidine rings is 1. The van der Waals surface area contributed by atoms with Gasteiger partial charge in [-0.2, -0.15) is 0 Å². The number of hydrogen-bond acceptors (Lipinski definition) is 3. The minimum Gasteiger partial charge on any atom is -0.379 e. The monoisotopic (exact) mass is 404 g/mol. The Morgan fingerprint density at radius 2 is 1.85 bits per heavy atom. The van der Waals surface area contributed by atoms with Crippen molar-refractivity contribution in [2.75, 3.05) is 33.3 Å². The summed E-state index contributed by atoms with van der Waals surface area (Å²) in [5, 5.41) is 3.43. The Hall–Kier alpha value is -0.880. The number of rotatable bonds is 7. The van der Waals surface area contributed by atoms with Crippen LogP contribution in [0.25, 0.3) is 0 Å². The highest BCUT2D eigenvalue weighted by molar-refractivity contribution is 6.35. The van der Waals surface area contributed by atoms with Gasteiger partial charge < -0.3 is 15.0 Å². The fourth-order valence-corrected chi connectivity index (χ4v) is 3.44. The van der Waals surface area contributed by atoms with E-state index in [0.717, 1.165) is 13.0 Å². The highest BCUT2D eigenvalue weighted by Crippen LogP contribution is 2.27. The lowest BCUT2D eigenvalue weighted by atomic mass is 9.92. The molecule has 146 valence electrons. The van der Waals surface area contributed by atoms with Gasteiger partial charge in [0.1, 0.15) is 5.67 Å². The third-order valence-corrected chi connectivity index (χ3v) is 5.46. The van der Waals surface area contributed by atoms with E-state index in [1.54, 1.807) is 13.2 Å². The van der Waals surface area contributed by atoms with Crippen LogP contribution in [0, 0.1) is 0 Å². The van der Waals surface area contributed by atoms with E-state index in [2.05, 4.69) is 10.2 Å². The third kappa shape index (κ3) is 6.38. The normalized spacial score (nSPS) is 17.9. The molecular weight excluding hydrogens is 378 g/mol. The molecule has 1 N–H and O–H groups in total. The van der Waals surface area contributed by atoms with Gasteiger partial charge in [-0.1, -0.05) is 23.2 Å². The van der Waals surface area contributed by atoms with Crippen molar-refractivity contribution in [3.8, 4) is 0 Å². The fourth-order valence-electron chi connectivity index (χ4n) is 2.91. The molecule has 1 saturated heterocycles. The van der Waals surface area contributed by atoms with Crippen molar-refractivity contribution in [1.29, 1.82) is 0 Å². The second-order valence-corrected chi connectivity index (χ2v) is 8.42. The predicted molar refractivity (Wildman–Crippen MR) is 104 cm³/mol. The van der Waals surface area contributed by atoms with Crippen LogP contribution in [-0.4, -0.2) is 55.4 Å². The summed E-state index contributed by atoms with van der Waals surface area (Å²) in [6, 6.07) is 4.60. The molecule has 1 aromatic rings. The van der Waals surface area contributed by atoms with Gasteiger partial charge in [-0.3, -0.25) is 4.79 Å².